The zero-order valence-electron chi connectivity index (χ0n) is 10.3. The van der Waals surface area contributed by atoms with Crippen molar-refractivity contribution < 1.29 is 14.3 Å². The molecule has 1 unspecified atom stereocenters. The monoisotopic (exact) mass is 238 g/mol. The summed E-state index contributed by atoms with van der Waals surface area (Å²) in [5.41, 5.74) is 6.21. The Labute approximate surface area is 101 Å². The lowest BCUT2D eigenvalue weighted by atomic mass is 10.1. The van der Waals surface area contributed by atoms with Gasteiger partial charge in [0.1, 0.15) is 0 Å². The smallest absolute Gasteiger partial charge is 0.249 e. The molecule has 0 aromatic carbocycles. The second kappa shape index (κ2) is 6.32. The predicted molar refractivity (Wildman–Crippen MR) is 63.3 cm³/mol. The maximum Gasteiger partial charge on any atom is 0.249 e. The van der Waals surface area contributed by atoms with Crippen LogP contribution >= 0.6 is 0 Å². The minimum Gasteiger partial charge on any atom is -0.366 e. The Bertz CT molecular complexity index is 380. The minimum absolute atomic E-state index is 0.371. The van der Waals surface area contributed by atoms with Gasteiger partial charge in [-0.1, -0.05) is 13.8 Å². The quantitative estimate of drug-likeness (QED) is 0.762. The summed E-state index contributed by atoms with van der Waals surface area (Å²) in [4.78, 5) is 15.2. The van der Waals surface area contributed by atoms with Crippen LogP contribution in [0.25, 0.3) is 0 Å². The first kappa shape index (κ1) is 13.6. The van der Waals surface area contributed by atoms with Gasteiger partial charge in [0.2, 0.25) is 5.91 Å². The van der Waals surface area contributed by atoms with Crippen molar-refractivity contribution in [1.82, 2.24) is 4.98 Å². The second-order valence-corrected chi connectivity index (χ2v) is 4.12. The number of ether oxygens (including phenoxy) is 2. The van der Waals surface area contributed by atoms with Gasteiger partial charge in [0.15, 0.2) is 6.29 Å². The van der Waals surface area contributed by atoms with Crippen molar-refractivity contribution in [3.63, 3.8) is 0 Å². The molecule has 1 rings (SSSR count). The molecule has 0 saturated heterocycles. The molecule has 94 valence electrons. The van der Waals surface area contributed by atoms with Crippen LogP contribution in [0.3, 0.4) is 0 Å². The van der Waals surface area contributed by atoms with Crippen LogP contribution in [0.15, 0.2) is 18.5 Å². The molecule has 17 heavy (non-hydrogen) atoms. The molecule has 1 heterocycles. The molecule has 1 atom stereocenters. The number of hydrogen-bond acceptors (Lipinski definition) is 4. The van der Waals surface area contributed by atoms with Crippen LogP contribution in [0.2, 0.25) is 0 Å². The van der Waals surface area contributed by atoms with E-state index in [-0.39, 0.29) is 0 Å². The fourth-order valence-electron chi connectivity index (χ4n) is 1.38. The number of hydrogen-bond donors (Lipinski definition) is 1. The molecule has 1 aromatic heterocycles. The molecule has 0 fully saturated rings. The van der Waals surface area contributed by atoms with E-state index in [4.69, 9.17) is 15.2 Å². The fourth-order valence-corrected chi connectivity index (χ4v) is 1.38. The third-order valence-corrected chi connectivity index (χ3v) is 2.17. The number of rotatable bonds is 6. The van der Waals surface area contributed by atoms with Crippen LogP contribution in [-0.2, 0) is 9.47 Å². The highest BCUT2D eigenvalue weighted by atomic mass is 16.7. The molecule has 2 N–H and O–H groups in total. The second-order valence-electron chi connectivity index (χ2n) is 4.12. The average molecular weight is 238 g/mol. The first-order valence-corrected chi connectivity index (χ1v) is 5.44. The SMILES string of the molecule is COC(OCC(C)C)c1cnccc1C(N)=O. The number of carbonyl (C=O) groups is 1. The molecular weight excluding hydrogens is 220 g/mol. The highest BCUT2D eigenvalue weighted by Crippen LogP contribution is 2.21. The van der Waals surface area contributed by atoms with Crippen molar-refractivity contribution in [2.45, 2.75) is 20.1 Å². The Morgan fingerprint density at radius 1 is 1.53 bits per heavy atom. The maximum absolute atomic E-state index is 11.3. The summed E-state index contributed by atoms with van der Waals surface area (Å²) in [5.74, 6) is -0.140. The number of amides is 1. The van der Waals surface area contributed by atoms with Crippen LogP contribution in [0.5, 0.6) is 0 Å². The number of carbonyl (C=O) groups excluding carboxylic acids is 1. The maximum atomic E-state index is 11.3. The summed E-state index contributed by atoms with van der Waals surface area (Å²) >= 11 is 0. The van der Waals surface area contributed by atoms with Gasteiger partial charge in [-0.2, -0.15) is 0 Å². The number of nitrogens with two attached hydrogens (primary N) is 1. The van der Waals surface area contributed by atoms with Gasteiger partial charge in [-0.15, -0.1) is 0 Å². The Balaban J connectivity index is 2.91. The molecule has 0 radical (unpaired) electrons. The zero-order chi connectivity index (χ0) is 12.8. The lowest BCUT2D eigenvalue weighted by molar-refractivity contribution is -0.134. The zero-order valence-corrected chi connectivity index (χ0v) is 10.3. The molecule has 5 nitrogen and oxygen atoms in total. The van der Waals surface area contributed by atoms with E-state index in [1.165, 1.54) is 19.5 Å². The van der Waals surface area contributed by atoms with Crippen LogP contribution < -0.4 is 5.73 Å². The van der Waals surface area contributed by atoms with Crippen LogP contribution in [0.1, 0.15) is 36.1 Å². The van der Waals surface area contributed by atoms with Gasteiger partial charge in [-0.05, 0) is 12.0 Å². The van der Waals surface area contributed by atoms with Gasteiger partial charge in [0, 0.05) is 25.1 Å². The van der Waals surface area contributed by atoms with Gasteiger partial charge in [-0.25, -0.2) is 0 Å². The summed E-state index contributed by atoms with van der Waals surface area (Å²) in [6, 6.07) is 1.56. The van der Waals surface area contributed by atoms with E-state index in [0.29, 0.717) is 23.7 Å². The van der Waals surface area contributed by atoms with Crippen LogP contribution in [0, 0.1) is 5.92 Å². The van der Waals surface area contributed by atoms with Gasteiger partial charge in [0.25, 0.3) is 0 Å². The van der Waals surface area contributed by atoms with Crippen molar-refractivity contribution in [2.75, 3.05) is 13.7 Å². The average Bonchev–Trinajstić information content (AvgIpc) is 2.30. The molecule has 0 bridgehead atoms. The topological polar surface area (TPSA) is 74.4 Å². The van der Waals surface area contributed by atoms with Crippen LogP contribution in [-0.4, -0.2) is 24.6 Å². The first-order chi connectivity index (χ1) is 8.06. The van der Waals surface area contributed by atoms with E-state index in [0.717, 1.165) is 0 Å². The highest BCUT2D eigenvalue weighted by Gasteiger charge is 2.18. The summed E-state index contributed by atoms with van der Waals surface area (Å²) in [6.45, 7) is 4.60. The summed E-state index contributed by atoms with van der Waals surface area (Å²) in [5, 5.41) is 0. The normalized spacial score (nSPS) is 12.7. The molecule has 1 aromatic rings. The van der Waals surface area contributed by atoms with Gasteiger partial charge in [0.05, 0.1) is 12.2 Å². The van der Waals surface area contributed by atoms with Gasteiger partial charge >= 0.3 is 0 Å². The summed E-state index contributed by atoms with van der Waals surface area (Å²) in [6.07, 6.45) is 2.43. The third-order valence-electron chi connectivity index (χ3n) is 2.17. The van der Waals surface area contributed by atoms with Crippen molar-refractivity contribution in [3.8, 4) is 0 Å². The standard InChI is InChI=1S/C12H18N2O3/c1-8(2)7-17-12(16-3)10-6-14-5-4-9(10)11(13)15/h4-6,8,12H,7H2,1-3H3,(H2,13,15). The molecule has 0 aliphatic heterocycles. The lowest BCUT2D eigenvalue weighted by Gasteiger charge is -2.19. The van der Waals surface area contributed by atoms with E-state index in [1.54, 1.807) is 6.07 Å². The predicted octanol–water partition coefficient (Wildman–Crippen LogP) is 1.50. The van der Waals surface area contributed by atoms with E-state index in [1.807, 2.05) is 13.8 Å². The Morgan fingerprint density at radius 2 is 2.24 bits per heavy atom. The summed E-state index contributed by atoms with van der Waals surface area (Å²) in [7, 11) is 1.52. The molecule has 0 aliphatic rings. The van der Waals surface area contributed by atoms with Crippen molar-refractivity contribution in [2.24, 2.45) is 11.7 Å². The Hall–Kier alpha value is -1.46. The number of nitrogens with zero attached hydrogens (tertiary/aromatic N) is 1. The van der Waals surface area contributed by atoms with E-state index in [9.17, 15) is 4.79 Å². The van der Waals surface area contributed by atoms with Gasteiger partial charge in [-0.3, -0.25) is 9.78 Å². The molecule has 1 amide bonds. The lowest BCUT2D eigenvalue weighted by Crippen LogP contribution is -2.19. The third kappa shape index (κ3) is 3.80. The van der Waals surface area contributed by atoms with E-state index < -0.39 is 12.2 Å². The molecule has 5 heteroatoms. The Kier molecular flexibility index (Phi) is 5.06. The minimum atomic E-state index is -0.617. The highest BCUT2D eigenvalue weighted by molar-refractivity contribution is 5.94. The van der Waals surface area contributed by atoms with E-state index in [2.05, 4.69) is 4.98 Å². The molecule has 0 spiro atoms. The molecule has 0 saturated carbocycles. The first-order valence-electron chi connectivity index (χ1n) is 5.44. The molecule has 0 aliphatic carbocycles. The van der Waals surface area contributed by atoms with Crippen LogP contribution in [0.4, 0.5) is 0 Å². The number of aromatic nitrogens is 1. The number of primary amides is 1. The number of pyridine rings is 1. The van der Waals surface area contributed by atoms with Crippen molar-refractivity contribution in [1.29, 1.82) is 0 Å². The molecular formula is C12H18N2O3. The van der Waals surface area contributed by atoms with Gasteiger partial charge < -0.3 is 15.2 Å². The fraction of sp³-hybridized carbons (Fsp3) is 0.500. The number of methoxy groups -OCH3 is 1. The summed E-state index contributed by atoms with van der Waals surface area (Å²) < 4.78 is 10.8. The largest absolute Gasteiger partial charge is 0.366 e. The Morgan fingerprint density at radius 3 is 2.76 bits per heavy atom. The van der Waals surface area contributed by atoms with Crippen molar-refractivity contribution >= 4 is 5.91 Å². The van der Waals surface area contributed by atoms with Crippen molar-refractivity contribution in [3.05, 3.63) is 29.6 Å². The van der Waals surface area contributed by atoms with E-state index >= 15 is 0 Å².